The summed E-state index contributed by atoms with van der Waals surface area (Å²) in [5.74, 6) is -0.718. The molecular formula is C25H24N2O6S. The highest BCUT2D eigenvalue weighted by molar-refractivity contribution is 7.92. The van der Waals surface area contributed by atoms with Crippen LogP contribution < -0.4 is 9.46 Å². The summed E-state index contributed by atoms with van der Waals surface area (Å²) in [7, 11) is -2.55. The predicted molar refractivity (Wildman–Crippen MR) is 126 cm³/mol. The number of ether oxygens (including phenoxy) is 2. The van der Waals surface area contributed by atoms with Gasteiger partial charge in [0.25, 0.3) is 15.9 Å². The van der Waals surface area contributed by atoms with Crippen molar-refractivity contribution in [3.63, 3.8) is 0 Å². The molecule has 0 saturated heterocycles. The van der Waals surface area contributed by atoms with E-state index in [9.17, 15) is 18.0 Å². The number of methoxy groups -OCH3 is 1. The highest BCUT2D eigenvalue weighted by atomic mass is 32.2. The number of nitrogens with one attached hydrogen (secondary N) is 1. The van der Waals surface area contributed by atoms with Crippen LogP contribution >= 0.6 is 0 Å². The topological polar surface area (TPSA) is 102 Å². The first-order valence-corrected chi connectivity index (χ1v) is 12.1. The molecule has 0 radical (unpaired) electrons. The van der Waals surface area contributed by atoms with E-state index in [2.05, 4.69) is 4.72 Å². The summed E-state index contributed by atoms with van der Waals surface area (Å²) in [5, 5.41) is 0. The lowest BCUT2D eigenvalue weighted by molar-refractivity contribution is -0.135. The molecule has 0 aromatic heterocycles. The molecule has 9 heteroatoms. The highest BCUT2D eigenvalue weighted by Gasteiger charge is 2.23. The van der Waals surface area contributed by atoms with Gasteiger partial charge in [-0.15, -0.1) is 0 Å². The molecule has 0 unspecified atom stereocenters. The van der Waals surface area contributed by atoms with Crippen LogP contribution in [0.3, 0.4) is 0 Å². The molecule has 1 N–H and O–H groups in total. The molecule has 4 rings (SSSR count). The van der Waals surface area contributed by atoms with Crippen LogP contribution in [0.5, 0.6) is 5.75 Å². The van der Waals surface area contributed by atoms with Gasteiger partial charge in [-0.05, 0) is 47.9 Å². The highest BCUT2D eigenvalue weighted by Crippen LogP contribution is 2.26. The van der Waals surface area contributed by atoms with Crippen molar-refractivity contribution in [3.8, 4) is 5.75 Å². The van der Waals surface area contributed by atoms with Gasteiger partial charge in [0, 0.05) is 13.1 Å². The number of carbonyl (C=O) groups excluding carboxylic acids is 2. The van der Waals surface area contributed by atoms with Crippen LogP contribution in [0.15, 0.2) is 77.7 Å². The number of fused-ring (bicyclic) bond motifs is 1. The van der Waals surface area contributed by atoms with E-state index in [1.54, 1.807) is 29.2 Å². The van der Waals surface area contributed by atoms with Crippen LogP contribution in [-0.2, 0) is 32.5 Å². The Morgan fingerprint density at radius 2 is 1.71 bits per heavy atom. The van der Waals surface area contributed by atoms with Gasteiger partial charge in [-0.3, -0.25) is 9.52 Å². The van der Waals surface area contributed by atoms with E-state index in [-0.39, 0.29) is 22.1 Å². The number of para-hydroxylation sites is 2. The second-order valence-corrected chi connectivity index (χ2v) is 9.43. The number of esters is 1. The van der Waals surface area contributed by atoms with Gasteiger partial charge in [0.2, 0.25) is 0 Å². The molecule has 176 valence electrons. The molecule has 8 nitrogen and oxygen atoms in total. The zero-order chi connectivity index (χ0) is 24.1. The Kier molecular flexibility index (Phi) is 6.83. The van der Waals surface area contributed by atoms with Crippen molar-refractivity contribution in [2.45, 2.75) is 17.9 Å². The van der Waals surface area contributed by atoms with Crippen molar-refractivity contribution < 1.29 is 27.5 Å². The lowest BCUT2D eigenvalue weighted by Crippen LogP contribution is -2.38. The largest absolute Gasteiger partial charge is 0.495 e. The molecule has 1 aliphatic rings. The monoisotopic (exact) mass is 480 g/mol. The minimum atomic E-state index is -3.99. The smallest absolute Gasteiger partial charge is 0.338 e. The summed E-state index contributed by atoms with van der Waals surface area (Å²) >= 11 is 0. The average Bonchev–Trinajstić information content (AvgIpc) is 2.87. The van der Waals surface area contributed by atoms with Gasteiger partial charge < -0.3 is 14.4 Å². The summed E-state index contributed by atoms with van der Waals surface area (Å²) in [6, 6.07) is 20.0. The molecule has 1 aliphatic heterocycles. The standard InChI is InChI=1S/C25H24N2O6S/c1-32-23-12-5-4-11-22(23)26-34(30,31)21-10-6-9-19(15-21)25(29)33-17-24(28)27-14-13-18-7-2-3-8-20(18)16-27/h2-12,15,26H,13-14,16-17H2,1H3. The van der Waals surface area contributed by atoms with Gasteiger partial charge >= 0.3 is 5.97 Å². The molecule has 0 saturated carbocycles. The molecule has 0 spiro atoms. The third-order valence-electron chi connectivity index (χ3n) is 5.54. The molecule has 1 heterocycles. The van der Waals surface area contributed by atoms with Crippen molar-refractivity contribution in [2.75, 3.05) is 25.0 Å². The molecule has 1 amide bonds. The minimum Gasteiger partial charge on any atom is -0.495 e. The number of sulfonamides is 1. The number of benzene rings is 3. The van der Waals surface area contributed by atoms with E-state index >= 15 is 0 Å². The van der Waals surface area contributed by atoms with E-state index < -0.39 is 22.6 Å². The van der Waals surface area contributed by atoms with Crippen LogP contribution in [0.4, 0.5) is 5.69 Å². The van der Waals surface area contributed by atoms with Crippen molar-refractivity contribution in [1.29, 1.82) is 0 Å². The molecule has 3 aromatic carbocycles. The van der Waals surface area contributed by atoms with Crippen molar-refractivity contribution in [3.05, 3.63) is 89.5 Å². The van der Waals surface area contributed by atoms with E-state index in [4.69, 9.17) is 9.47 Å². The minimum absolute atomic E-state index is 0.0275. The third kappa shape index (κ3) is 5.20. The fourth-order valence-corrected chi connectivity index (χ4v) is 4.85. The van der Waals surface area contributed by atoms with Gasteiger partial charge in [0.1, 0.15) is 5.75 Å². The maximum atomic E-state index is 12.8. The van der Waals surface area contributed by atoms with Crippen LogP contribution in [0.25, 0.3) is 0 Å². The van der Waals surface area contributed by atoms with Crippen LogP contribution in [0.2, 0.25) is 0 Å². The number of carbonyl (C=O) groups is 2. The lowest BCUT2D eigenvalue weighted by Gasteiger charge is -2.28. The van der Waals surface area contributed by atoms with Gasteiger partial charge in [0.05, 0.1) is 23.3 Å². The maximum absolute atomic E-state index is 12.8. The van der Waals surface area contributed by atoms with E-state index in [1.807, 2.05) is 24.3 Å². The number of anilines is 1. The Balaban J connectivity index is 1.40. The molecule has 0 bridgehead atoms. The number of rotatable bonds is 7. The lowest BCUT2D eigenvalue weighted by atomic mass is 10.00. The van der Waals surface area contributed by atoms with E-state index in [0.717, 1.165) is 12.0 Å². The van der Waals surface area contributed by atoms with Crippen LogP contribution in [0.1, 0.15) is 21.5 Å². The molecular weight excluding hydrogens is 456 g/mol. The quantitative estimate of drug-likeness (QED) is 0.521. The fourth-order valence-electron chi connectivity index (χ4n) is 3.73. The maximum Gasteiger partial charge on any atom is 0.338 e. The van der Waals surface area contributed by atoms with Crippen LogP contribution in [0, 0.1) is 0 Å². The molecule has 0 atom stereocenters. The van der Waals surface area contributed by atoms with E-state index in [0.29, 0.717) is 18.8 Å². The van der Waals surface area contributed by atoms with E-state index in [1.165, 1.54) is 36.9 Å². The van der Waals surface area contributed by atoms with Crippen molar-refractivity contribution in [1.82, 2.24) is 4.90 Å². The Hall–Kier alpha value is -3.85. The SMILES string of the molecule is COc1ccccc1NS(=O)(=O)c1cccc(C(=O)OCC(=O)N2CCc3ccccc3C2)c1. The van der Waals surface area contributed by atoms with Crippen molar-refractivity contribution >= 4 is 27.6 Å². The predicted octanol–water partition coefficient (Wildman–Crippen LogP) is 3.24. The second-order valence-electron chi connectivity index (χ2n) is 7.74. The number of nitrogens with zero attached hydrogens (tertiary/aromatic N) is 1. The zero-order valence-corrected chi connectivity index (χ0v) is 19.4. The summed E-state index contributed by atoms with van der Waals surface area (Å²) in [5.41, 5.74) is 2.59. The number of hydrogen-bond donors (Lipinski definition) is 1. The van der Waals surface area contributed by atoms with Crippen LogP contribution in [-0.4, -0.2) is 45.5 Å². The Morgan fingerprint density at radius 3 is 2.50 bits per heavy atom. The average molecular weight is 481 g/mol. The Bertz CT molecular complexity index is 1320. The molecule has 0 fully saturated rings. The Morgan fingerprint density at radius 1 is 0.971 bits per heavy atom. The first kappa shape index (κ1) is 23.3. The van der Waals surface area contributed by atoms with Crippen molar-refractivity contribution in [2.24, 2.45) is 0 Å². The second kappa shape index (κ2) is 9.96. The molecule has 3 aromatic rings. The number of hydrogen-bond acceptors (Lipinski definition) is 6. The van der Waals surface area contributed by atoms with Gasteiger partial charge in [-0.1, -0.05) is 42.5 Å². The summed E-state index contributed by atoms with van der Waals surface area (Å²) in [4.78, 5) is 26.6. The van der Waals surface area contributed by atoms with Gasteiger partial charge in [-0.2, -0.15) is 0 Å². The summed E-state index contributed by atoms with van der Waals surface area (Å²) in [6.07, 6.45) is 0.745. The fraction of sp³-hybridized carbons (Fsp3) is 0.200. The summed E-state index contributed by atoms with van der Waals surface area (Å²) < 4.78 is 38.5. The first-order chi connectivity index (χ1) is 16.4. The third-order valence-corrected chi connectivity index (χ3v) is 6.90. The molecule has 0 aliphatic carbocycles. The number of amides is 1. The molecule has 34 heavy (non-hydrogen) atoms. The van der Waals surface area contributed by atoms with Gasteiger partial charge in [0.15, 0.2) is 6.61 Å². The Labute approximate surface area is 198 Å². The first-order valence-electron chi connectivity index (χ1n) is 10.6. The normalized spacial score (nSPS) is 13.0. The summed E-state index contributed by atoms with van der Waals surface area (Å²) in [6.45, 7) is 0.599. The zero-order valence-electron chi connectivity index (χ0n) is 18.6. The van der Waals surface area contributed by atoms with Gasteiger partial charge in [-0.25, -0.2) is 13.2 Å².